The molecule has 4 N–H and O–H groups in total. The van der Waals surface area contributed by atoms with Crippen LogP contribution in [0.5, 0.6) is 0 Å². The molecule has 288 valence electrons. The van der Waals surface area contributed by atoms with Crippen LogP contribution in [0.25, 0.3) is 0 Å². The average molecular weight is 729 g/mol. The van der Waals surface area contributed by atoms with Gasteiger partial charge in [0.2, 0.25) is 17.7 Å². The van der Waals surface area contributed by atoms with Gasteiger partial charge in [0.05, 0.1) is 25.3 Å². The standard InChI is InChI=1S/C35H55F3N6O7/c1-25(29(24-45)41-30(46)21-39-3)50-19-10-5-6-11-20-51-26(2)32(42-31(47)22-40-4)33(48)44-17-12-15-28(44)23-43(34(49)35(36,37)38)18-16-27-13-8-7-9-14-27/h7-9,13-14,24-26,28-29,32,39-40H,5-6,10-12,15-23H2,1-4H3,(H,41,46)(H,42,47). The summed E-state index contributed by atoms with van der Waals surface area (Å²) in [5.74, 6) is -3.16. The number of hydrogen-bond donors (Lipinski definition) is 4. The Labute approximate surface area is 298 Å². The third-order valence-electron chi connectivity index (χ3n) is 8.64. The van der Waals surface area contributed by atoms with Gasteiger partial charge < -0.3 is 45.3 Å². The van der Waals surface area contributed by atoms with Crippen molar-refractivity contribution < 1.29 is 46.6 Å². The van der Waals surface area contributed by atoms with Gasteiger partial charge in [0.15, 0.2) is 0 Å². The molecule has 51 heavy (non-hydrogen) atoms. The third-order valence-corrected chi connectivity index (χ3v) is 8.64. The molecule has 1 aliphatic rings. The summed E-state index contributed by atoms with van der Waals surface area (Å²) in [5, 5.41) is 10.8. The number of likely N-dealkylation sites (N-methyl/N-ethyl adjacent to an activating group) is 2. The second-order valence-corrected chi connectivity index (χ2v) is 12.7. The molecule has 0 aromatic heterocycles. The van der Waals surface area contributed by atoms with Crippen molar-refractivity contribution in [3.63, 3.8) is 0 Å². The Morgan fingerprint density at radius 2 is 1.51 bits per heavy atom. The number of rotatable bonds is 24. The lowest BCUT2D eigenvalue weighted by molar-refractivity contribution is -0.186. The van der Waals surface area contributed by atoms with Crippen molar-refractivity contribution in [2.45, 2.75) is 95.3 Å². The number of aldehydes is 1. The molecule has 5 unspecified atom stereocenters. The Bertz CT molecular complexity index is 1230. The zero-order valence-electron chi connectivity index (χ0n) is 30.1. The highest BCUT2D eigenvalue weighted by Crippen LogP contribution is 2.24. The second-order valence-electron chi connectivity index (χ2n) is 12.7. The Balaban J connectivity index is 1.94. The van der Waals surface area contributed by atoms with E-state index in [1.807, 2.05) is 0 Å². The van der Waals surface area contributed by atoms with Gasteiger partial charge in [0, 0.05) is 38.9 Å². The molecule has 0 aliphatic carbocycles. The van der Waals surface area contributed by atoms with Gasteiger partial charge in [0.25, 0.3) is 0 Å². The predicted octanol–water partition coefficient (Wildman–Crippen LogP) is 1.59. The molecule has 0 saturated carbocycles. The van der Waals surface area contributed by atoms with Crippen molar-refractivity contribution in [3.05, 3.63) is 35.9 Å². The summed E-state index contributed by atoms with van der Waals surface area (Å²) in [6.07, 6.45) is -1.51. The lowest BCUT2D eigenvalue weighted by Gasteiger charge is -2.35. The molecule has 1 saturated heterocycles. The first-order valence-corrected chi connectivity index (χ1v) is 17.6. The molecule has 1 aliphatic heterocycles. The van der Waals surface area contributed by atoms with Gasteiger partial charge in [-0.25, -0.2) is 0 Å². The molecule has 0 spiro atoms. The number of ether oxygens (including phenoxy) is 2. The average Bonchev–Trinajstić information content (AvgIpc) is 3.56. The number of likely N-dealkylation sites (tertiary alicyclic amines) is 1. The SMILES string of the molecule is CNCC(=O)NC(C=O)C(C)OCCCCCCOC(C)C(NC(=O)CNC)C(=O)N1CCCC1CN(CCc1ccccc1)C(=O)C(F)(F)F. The van der Waals surface area contributed by atoms with Crippen LogP contribution < -0.4 is 21.3 Å². The maximum Gasteiger partial charge on any atom is 0.471 e. The number of nitrogens with zero attached hydrogens (tertiary/aromatic N) is 2. The maximum atomic E-state index is 13.9. The molecule has 1 heterocycles. The number of nitrogens with one attached hydrogen (secondary N) is 4. The molecule has 1 fully saturated rings. The molecule has 0 bridgehead atoms. The van der Waals surface area contributed by atoms with Gasteiger partial charge in [-0.15, -0.1) is 0 Å². The first-order valence-electron chi connectivity index (χ1n) is 17.6. The second kappa shape index (κ2) is 23.1. The van der Waals surface area contributed by atoms with Crippen LogP contribution in [0.4, 0.5) is 13.2 Å². The van der Waals surface area contributed by atoms with Crippen molar-refractivity contribution in [2.24, 2.45) is 0 Å². The van der Waals surface area contributed by atoms with E-state index < -0.39 is 54.2 Å². The van der Waals surface area contributed by atoms with E-state index in [4.69, 9.17) is 9.47 Å². The summed E-state index contributed by atoms with van der Waals surface area (Å²) in [5.41, 5.74) is 0.786. The molecule has 1 aromatic carbocycles. The van der Waals surface area contributed by atoms with E-state index in [1.165, 1.54) is 4.90 Å². The molecule has 4 amide bonds. The fourth-order valence-electron chi connectivity index (χ4n) is 5.83. The Morgan fingerprint density at radius 3 is 2.08 bits per heavy atom. The van der Waals surface area contributed by atoms with Gasteiger partial charge in [0.1, 0.15) is 18.4 Å². The molecule has 13 nitrogen and oxygen atoms in total. The number of carbonyl (C=O) groups excluding carboxylic acids is 5. The number of halogens is 3. The van der Waals surface area contributed by atoms with Crippen molar-refractivity contribution in [1.82, 2.24) is 31.1 Å². The van der Waals surface area contributed by atoms with Gasteiger partial charge in [-0.3, -0.25) is 19.2 Å². The molecule has 2 rings (SSSR count). The smallest absolute Gasteiger partial charge is 0.376 e. The van der Waals surface area contributed by atoms with E-state index in [0.29, 0.717) is 45.2 Å². The number of amides is 4. The molecule has 16 heteroatoms. The van der Waals surface area contributed by atoms with Crippen LogP contribution >= 0.6 is 0 Å². The van der Waals surface area contributed by atoms with Crippen LogP contribution in [0.1, 0.15) is 57.9 Å². The lowest BCUT2D eigenvalue weighted by atomic mass is 10.1. The number of hydrogen-bond acceptors (Lipinski definition) is 9. The number of unbranched alkanes of at least 4 members (excludes halogenated alkanes) is 3. The minimum absolute atomic E-state index is 0.0517. The highest BCUT2D eigenvalue weighted by molar-refractivity contribution is 5.89. The third kappa shape index (κ3) is 15.7. The van der Waals surface area contributed by atoms with Crippen molar-refractivity contribution in [3.8, 4) is 0 Å². The summed E-state index contributed by atoms with van der Waals surface area (Å²) >= 11 is 0. The lowest BCUT2D eigenvalue weighted by Crippen LogP contribution is -2.58. The minimum Gasteiger partial charge on any atom is -0.376 e. The van der Waals surface area contributed by atoms with Crippen LogP contribution in [-0.4, -0.2) is 136 Å². The van der Waals surface area contributed by atoms with Crippen LogP contribution in [0.3, 0.4) is 0 Å². The van der Waals surface area contributed by atoms with Gasteiger partial charge >= 0.3 is 12.1 Å². The van der Waals surface area contributed by atoms with Crippen LogP contribution in [0.2, 0.25) is 0 Å². The van der Waals surface area contributed by atoms with E-state index >= 15 is 0 Å². The summed E-state index contributed by atoms with van der Waals surface area (Å²) in [6.45, 7) is 3.95. The molecule has 0 radical (unpaired) electrons. The topological polar surface area (TPSA) is 158 Å². The van der Waals surface area contributed by atoms with Gasteiger partial charge in [-0.1, -0.05) is 43.2 Å². The van der Waals surface area contributed by atoms with Crippen molar-refractivity contribution in [1.29, 1.82) is 0 Å². The number of carbonyl (C=O) groups is 5. The first-order chi connectivity index (χ1) is 24.3. The zero-order chi connectivity index (χ0) is 37.8. The summed E-state index contributed by atoms with van der Waals surface area (Å²) in [6, 6.07) is 6.40. The van der Waals surface area contributed by atoms with Crippen LogP contribution in [0.15, 0.2) is 30.3 Å². The molecule has 1 aromatic rings. The normalized spacial score (nSPS) is 16.9. The zero-order valence-corrected chi connectivity index (χ0v) is 30.1. The highest BCUT2D eigenvalue weighted by atomic mass is 19.4. The van der Waals surface area contributed by atoms with Crippen molar-refractivity contribution >= 4 is 29.9 Å². The van der Waals surface area contributed by atoms with Gasteiger partial charge in [-0.2, -0.15) is 13.2 Å². The number of benzene rings is 1. The van der Waals surface area contributed by atoms with E-state index in [1.54, 1.807) is 58.3 Å². The van der Waals surface area contributed by atoms with Gasteiger partial charge in [-0.05, 0) is 65.6 Å². The first kappa shape index (κ1) is 43.6. The molecular weight excluding hydrogens is 673 g/mol. The van der Waals surface area contributed by atoms with E-state index in [9.17, 15) is 37.1 Å². The fraction of sp³-hybridized carbons (Fsp3) is 0.686. The summed E-state index contributed by atoms with van der Waals surface area (Å²) in [7, 11) is 3.22. The fourth-order valence-corrected chi connectivity index (χ4v) is 5.83. The highest BCUT2D eigenvalue weighted by Gasteiger charge is 2.44. The Hall–Kier alpha value is -3.60. The van der Waals surface area contributed by atoms with E-state index in [-0.39, 0.29) is 45.1 Å². The largest absolute Gasteiger partial charge is 0.471 e. The Morgan fingerprint density at radius 1 is 0.922 bits per heavy atom. The van der Waals surface area contributed by atoms with Crippen LogP contribution in [-0.2, 0) is 39.9 Å². The molecular formula is C35H55F3N6O7. The predicted molar refractivity (Wildman–Crippen MR) is 185 cm³/mol. The quantitative estimate of drug-likeness (QED) is 0.0917. The number of alkyl halides is 3. The van der Waals surface area contributed by atoms with Crippen LogP contribution in [0, 0.1) is 0 Å². The monoisotopic (exact) mass is 728 g/mol. The summed E-state index contributed by atoms with van der Waals surface area (Å²) < 4.78 is 52.5. The molecule has 5 atom stereocenters. The van der Waals surface area contributed by atoms with Crippen molar-refractivity contribution in [2.75, 3.05) is 60.0 Å². The Kier molecular flexibility index (Phi) is 19.7. The van der Waals surface area contributed by atoms with E-state index in [0.717, 1.165) is 23.3 Å². The van der Waals surface area contributed by atoms with E-state index in [2.05, 4.69) is 21.3 Å². The summed E-state index contributed by atoms with van der Waals surface area (Å²) in [4.78, 5) is 64.3. The minimum atomic E-state index is -5.06. The maximum absolute atomic E-state index is 13.9.